The van der Waals surface area contributed by atoms with Crippen molar-refractivity contribution in [2.45, 2.75) is 228 Å². The average molecular weight is 838 g/mol. The number of carbonyl (C=O) groups excluding carboxylic acids is 3. The number of unbranched alkanes of at least 4 members (excludes halogenated alkanes) is 21. The molecule has 59 heavy (non-hydrogen) atoms. The molecular weight excluding hydrogens is 739 g/mol. The number of nitrogens with zero attached hydrogens (tertiary/aromatic N) is 3. The van der Waals surface area contributed by atoms with Crippen molar-refractivity contribution < 1.29 is 28.6 Å². The van der Waals surface area contributed by atoms with E-state index < -0.39 is 0 Å². The first kappa shape index (κ1) is 57.1. The summed E-state index contributed by atoms with van der Waals surface area (Å²) >= 11 is 0. The topological polar surface area (TPSA) is 88.6 Å². The number of hydrogen-bond donors (Lipinski definition) is 0. The molecule has 0 aliphatic heterocycles. The van der Waals surface area contributed by atoms with E-state index in [-0.39, 0.29) is 23.9 Å². The number of ether oxygens (including phenoxy) is 3. The van der Waals surface area contributed by atoms with Gasteiger partial charge in [-0.05, 0) is 51.6 Å². The van der Waals surface area contributed by atoms with Gasteiger partial charge in [0.05, 0.1) is 12.5 Å². The van der Waals surface area contributed by atoms with E-state index >= 15 is 0 Å². The fraction of sp³-hybridized carbons (Fsp3) is 0.940. The molecule has 0 radical (unpaired) electrons. The second-order valence-corrected chi connectivity index (χ2v) is 17.2. The SMILES string of the molecule is CCCCCCCCCC(CCCCCCCCC)C(=O)OCCN(CCOC(=O)N(CCCCCC)CCCCCC(=O)OCCCCCCC)CCN(CC)CC. The molecular formula is C50H99N3O6. The van der Waals surface area contributed by atoms with E-state index in [0.717, 1.165) is 110 Å². The van der Waals surface area contributed by atoms with Crippen LogP contribution in [0.2, 0.25) is 0 Å². The third-order valence-corrected chi connectivity index (χ3v) is 11.9. The number of hydrogen-bond acceptors (Lipinski definition) is 8. The fourth-order valence-corrected chi connectivity index (χ4v) is 7.72. The molecule has 0 bridgehead atoms. The molecule has 0 aromatic carbocycles. The third kappa shape index (κ3) is 36.5. The molecule has 9 nitrogen and oxygen atoms in total. The molecule has 0 atom stereocenters. The fourth-order valence-electron chi connectivity index (χ4n) is 7.72. The molecule has 0 N–H and O–H groups in total. The predicted molar refractivity (Wildman–Crippen MR) is 249 cm³/mol. The maximum Gasteiger partial charge on any atom is 0.409 e. The highest BCUT2D eigenvalue weighted by Gasteiger charge is 2.21. The van der Waals surface area contributed by atoms with Gasteiger partial charge in [0, 0.05) is 45.7 Å². The lowest BCUT2D eigenvalue weighted by molar-refractivity contribution is -0.149. The van der Waals surface area contributed by atoms with Crippen LogP contribution in [0.15, 0.2) is 0 Å². The largest absolute Gasteiger partial charge is 0.466 e. The highest BCUT2D eigenvalue weighted by Crippen LogP contribution is 2.21. The van der Waals surface area contributed by atoms with Gasteiger partial charge in [0.2, 0.25) is 0 Å². The summed E-state index contributed by atoms with van der Waals surface area (Å²) < 4.78 is 17.4. The summed E-state index contributed by atoms with van der Waals surface area (Å²) in [5, 5.41) is 0. The Balaban J connectivity index is 5.10. The van der Waals surface area contributed by atoms with Crippen LogP contribution in [0.25, 0.3) is 0 Å². The summed E-state index contributed by atoms with van der Waals surface area (Å²) in [6, 6.07) is 0. The normalized spacial score (nSPS) is 11.5. The van der Waals surface area contributed by atoms with Crippen LogP contribution < -0.4 is 0 Å². The van der Waals surface area contributed by atoms with Crippen molar-refractivity contribution in [1.29, 1.82) is 0 Å². The maximum absolute atomic E-state index is 13.5. The van der Waals surface area contributed by atoms with Gasteiger partial charge in [0.15, 0.2) is 0 Å². The van der Waals surface area contributed by atoms with E-state index in [1.165, 1.54) is 96.3 Å². The average Bonchev–Trinajstić information content (AvgIpc) is 3.24. The second kappa shape index (κ2) is 44.2. The second-order valence-electron chi connectivity index (χ2n) is 17.2. The van der Waals surface area contributed by atoms with Gasteiger partial charge in [-0.15, -0.1) is 0 Å². The van der Waals surface area contributed by atoms with Crippen molar-refractivity contribution in [3.05, 3.63) is 0 Å². The van der Waals surface area contributed by atoms with E-state index in [1.807, 2.05) is 4.90 Å². The minimum Gasteiger partial charge on any atom is -0.466 e. The number of rotatable bonds is 45. The number of amides is 1. The number of esters is 2. The van der Waals surface area contributed by atoms with Crippen molar-refractivity contribution in [3.63, 3.8) is 0 Å². The van der Waals surface area contributed by atoms with Gasteiger partial charge in [0.1, 0.15) is 13.2 Å². The van der Waals surface area contributed by atoms with Gasteiger partial charge < -0.3 is 24.0 Å². The molecule has 0 unspecified atom stereocenters. The van der Waals surface area contributed by atoms with Crippen LogP contribution in [0.3, 0.4) is 0 Å². The summed E-state index contributed by atoms with van der Waals surface area (Å²) in [5.41, 5.74) is 0. The van der Waals surface area contributed by atoms with Crippen LogP contribution in [-0.4, -0.2) is 105 Å². The number of carbonyl (C=O) groups is 3. The highest BCUT2D eigenvalue weighted by atomic mass is 16.6. The molecule has 0 aliphatic rings. The monoisotopic (exact) mass is 838 g/mol. The Bertz CT molecular complexity index is 914. The van der Waals surface area contributed by atoms with E-state index in [0.29, 0.717) is 52.4 Å². The maximum atomic E-state index is 13.5. The first-order chi connectivity index (χ1) is 28.9. The predicted octanol–water partition coefficient (Wildman–Crippen LogP) is 13.2. The van der Waals surface area contributed by atoms with Crippen LogP contribution in [0.5, 0.6) is 0 Å². The Labute approximate surface area is 366 Å². The van der Waals surface area contributed by atoms with Crippen molar-refractivity contribution in [2.24, 2.45) is 5.92 Å². The van der Waals surface area contributed by atoms with Crippen molar-refractivity contribution in [1.82, 2.24) is 14.7 Å². The molecule has 350 valence electrons. The molecule has 0 fully saturated rings. The van der Waals surface area contributed by atoms with Crippen LogP contribution in [0.4, 0.5) is 4.79 Å². The van der Waals surface area contributed by atoms with Gasteiger partial charge in [-0.1, -0.05) is 183 Å². The molecule has 0 rings (SSSR count). The first-order valence-electron chi connectivity index (χ1n) is 25.5. The smallest absolute Gasteiger partial charge is 0.409 e. The molecule has 9 heteroatoms. The van der Waals surface area contributed by atoms with Gasteiger partial charge >= 0.3 is 18.0 Å². The van der Waals surface area contributed by atoms with Crippen LogP contribution in [-0.2, 0) is 23.8 Å². The summed E-state index contributed by atoms with van der Waals surface area (Å²) in [4.78, 5) is 45.6. The standard InChI is InChI=1S/C50H99N3O6/c1-7-13-17-21-23-25-29-35-47(36-30-26-24-22-18-14-8-2)49(55)58-45-42-52(41-40-51(11-5)12-6)43-46-59-50(56)53(38-32-20-16-10-4)39-33-28-31-37-48(54)57-44-34-27-19-15-9-3/h47H,7-46H2,1-6H3. The zero-order valence-corrected chi connectivity index (χ0v) is 40.2. The van der Waals surface area contributed by atoms with Gasteiger partial charge in [-0.25, -0.2) is 4.79 Å². The Kier molecular flexibility index (Phi) is 42.8. The first-order valence-corrected chi connectivity index (χ1v) is 25.5. The minimum atomic E-state index is -0.252. The van der Waals surface area contributed by atoms with Crippen LogP contribution in [0, 0.1) is 5.92 Å². The van der Waals surface area contributed by atoms with E-state index in [9.17, 15) is 14.4 Å². The highest BCUT2D eigenvalue weighted by molar-refractivity contribution is 5.72. The molecule has 1 amide bonds. The van der Waals surface area contributed by atoms with E-state index in [4.69, 9.17) is 14.2 Å². The van der Waals surface area contributed by atoms with Gasteiger partial charge in [-0.2, -0.15) is 0 Å². The molecule has 0 saturated heterocycles. The van der Waals surface area contributed by atoms with Crippen LogP contribution in [0.1, 0.15) is 228 Å². The van der Waals surface area contributed by atoms with E-state index in [1.54, 1.807) is 0 Å². The van der Waals surface area contributed by atoms with Crippen LogP contribution >= 0.6 is 0 Å². The quantitative estimate of drug-likeness (QED) is 0.0340. The van der Waals surface area contributed by atoms with Crippen molar-refractivity contribution >= 4 is 18.0 Å². The summed E-state index contributed by atoms with van der Waals surface area (Å²) in [6.45, 7) is 20.8. The van der Waals surface area contributed by atoms with E-state index in [2.05, 4.69) is 51.3 Å². The minimum absolute atomic E-state index is 0.00593. The summed E-state index contributed by atoms with van der Waals surface area (Å²) in [7, 11) is 0. The third-order valence-electron chi connectivity index (χ3n) is 11.9. The Morgan fingerprint density at radius 3 is 1.32 bits per heavy atom. The van der Waals surface area contributed by atoms with Crippen molar-refractivity contribution in [3.8, 4) is 0 Å². The summed E-state index contributed by atoms with van der Waals surface area (Å²) in [6.07, 6.45) is 32.2. The van der Waals surface area contributed by atoms with Gasteiger partial charge in [-0.3, -0.25) is 14.5 Å². The Morgan fingerprint density at radius 1 is 0.390 bits per heavy atom. The molecule has 0 aromatic rings. The zero-order valence-electron chi connectivity index (χ0n) is 40.2. The Hall–Kier alpha value is -1.87. The molecule has 0 saturated carbocycles. The Morgan fingerprint density at radius 2 is 0.814 bits per heavy atom. The molecule has 0 spiro atoms. The lowest BCUT2D eigenvalue weighted by Gasteiger charge is -2.27. The summed E-state index contributed by atoms with van der Waals surface area (Å²) in [5.74, 6) is -0.137. The molecule has 0 aliphatic carbocycles. The zero-order chi connectivity index (χ0) is 43.4. The lowest BCUT2D eigenvalue weighted by Crippen LogP contribution is -2.40. The molecule has 0 heterocycles. The lowest BCUT2D eigenvalue weighted by atomic mass is 9.94. The number of likely N-dealkylation sites (N-methyl/N-ethyl adjacent to an activating group) is 1. The van der Waals surface area contributed by atoms with Gasteiger partial charge in [0.25, 0.3) is 0 Å². The molecule has 0 aromatic heterocycles. The van der Waals surface area contributed by atoms with Crippen molar-refractivity contribution in [2.75, 3.05) is 72.2 Å².